The molecule has 0 aliphatic rings. The zero-order valence-corrected chi connectivity index (χ0v) is 10.5. The third-order valence-electron chi connectivity index (χ3n) is 2.44. The van der Waals surface area contributed by atoms with E-state index in [9.17, 15) is 4.79 Å². The maximum absolute atomic E-state index is 10.5. The number of hydrogen-bond donors (Lipinski definition) is 1. The Kier molecular flexibility index (Phi) is 5.42. The van der Waals surface area contributed by atoms with Gasteiger partial charge >= 0.3 is 5.97 Å². The summed E-state index contributed by atoms with van der Waals surface area (Å²) >= 11 is 1.65. The topological polar surface area (TPSA) is 53.4 Å². The maximum Gasteiger partial charge on any atom is 0.304 e. The Morgan fingerprint density at radius 1 is 1.56 bits per heavy atom. The molecule has 1 N–H and O–H groups in total. The van der Waals surface area contributed by atoms with Gasteiger partial charge in [0.05, 0.1) is 11.4 Å². The van der Waals surface area contributed by atoms with Gasteiger partial charge in [-0.1, -0.05) is 0 Å². The van der Waals surface area contributed by atoms with E-state index in [4.69, 9.17) is 5.11 Å². The molecule has 0 aliphatic heterocycles. The van der Waals surface area contributed by atoms with Gasteiger partial charge in [0.25, 0.3) is 0 Å². The normalized spacial score (nSPS) is 11.2. The molecule has 0 unspecified atom stereocenters. The second-order valence-corrected chi connectivity index (χ2v) is 4.93. The van der Waals surface area contributed by atoms with E-state index >= 15 is 0 Å². The van der Waals surface area contributed by atoms with E-state index in [0.29, 0.717) is 12.6 Å². The predicted molar refractivity (Wildman–Crippen MR) is 64.8 cm³/mol. The van der Waals surface area contributed by atoms with Crippen molar-refractivity contribution in [3.63, 3.8) is 0 Å². The summed E-state index contributed by atoms with van der Waals surface area (Å²) in [6, 6.07) is 0.374. The molecule has 0 atom stereocenters. The van der Waals surface area contributed by atoms with Crippen molar-refractivity contribution in [2.75, 3.05) is 13.1 Å². The smallest absolute Gasteiger partial charge is 0.304 e. The highest BCUT2D eigenvalue weighted by Crippen LogP contribution is 2.08. The summed E-state index contributed by atoms with van der Waals surface area (Å²) in [5, 5.41) is 11.7. The summed E-state index contributed by atoms with van der Waals surface area (Å²) < 4.78 is 0. The SMILES string of the molecule is CC(C)N(CCC(=O)O)CCc1nccs1. The second-order valence-electron chi connectivity index (χ2n) is 3.95. The molecule has 0 aromatic carbocycles. The number of carboxylic acid groups (broad SMARTS) is 1. The van der Waals surface area contributed by atoms with E-state index in [1.54, 1.807) is 17.5 Å². The molecule has 1 rings (SSSR count). The summed E-state index contributed by atoms with van der Waals surface area (Å²) in [5.74, 6) is -0.736. The first-order chi connectivity index (χ1) is 7.59. The van der Waals surface area contributed by atoms with Crippen LogP contribution in [-0.2, 0) is 11.2 Å². The van der Waals surface area contributed by atoms with Crippen molar-refractivity contribution in [2.45, 2.75) is 32.7 Å². The Morgan fingerprint density at radius 3 is 2.81 bits per heavy atom. The highest BCUT2D eigenvalue weighted by atomic mass is 32.1. The quantitative estimate of drug-likeness (QED) is 0.793. The van der Waals surface area contributed by atoms with Crippen LogP contribution in [0.1, 0.15) is 25.3 Å². The average Bonchev–Trinajstić information content (AvgIpc) is 2.69. The lowest BCUT2D eigenvalue weighted by Crippen LogP contribution is -2.34. The molecule has 0 radical (unpaired) electrons. The first kappa shape index (κ1) is 13.1. The van der Waals surface area contributed by atoms with Crippen molar-refractivity contribution in [1.29, 1.82) is 0 Å². The average molecular weight is 242 g/mol. The fraction of sp³-hybridized carbons (Fsp3) is 0.636. The van der Waals surface area contributed by atoms with Gasteiger partial charge in [0, 0.05) is 37.1 Å². The van der Waals surface area contributed by atoms with Crippen molar-refractivity contribution in [2.24, 2.45) is 0 Å². The van der Waals surface area contributed by atoms with Crippen LogP contribution in [0.2, 0.25) is 0 Å². The molecule has 0 bridgehead atoms. The highest BCUT2D eigenvalue weighted by molar-refractivity contribution is 7.09. The summed E-state index contributed by atoms with van der Waals surface area (Å²) in [4.78, 5) is 16.9. The van der Waals surface area contributed by atoms with Crippen LogP contribution in [0.3, 0.4) is 0 Å². The third-order valence-corrected chi connectivity index (χ3v) is 3.28. The number of thiazole rings is 1. The van der Waals surface area contributed by atoms with E-state index in [0.717, 1.165) is 18.0 Å². The minimum absolute atomic E-state index is 0.204. The number of aromatic nitrogens is 1. The molecule has 16 heavy (non-hydrogen) atoms. The molecule has 0 aliphatic carbocycles. The van der Waals surface area contributed by atoms with Gasteiger partial charge in [-0.2, -0.15) is 0 Å². The Hall–Kier alpha value is -0.940. The number of carboxylic acids is 1. The van der Waals surface area contributed by atoms with Crippen molar-refractivity contribution < 1.29 is 9.90 Å². The van der Waals surface area contributed by atoms with Crippen LogP contribution < -0.4 is 0 Å². The highest BCUT2D eigenvalue weighted by Gasteiger charge is 2.11. The first-order valence-corrected chi connectivity index (χ1v) is 6.31. The number of rotatable bonds is 7. The van der Waals surface area contributed by atoms with Crippen LogP contribution in [0.15, 0.2) is 11.6 Å². The van der Waals surface area contributed by atoms with Crippen LogP contribution in [0, 0.1) is 0 Å². The van der Waals surface area contributed by atoms with Crippen LogP contribution in [0.4, 0.5) is 0 Å². The third kappa shape index (κ3) is 4.72. The molecule has 4 nitrogen and oxygen atoms in total. The van der Waals surface area contributed by atoms with E-state index in [2.05, 4.69) is 23.7 Å². The predicted octanol–water partition coefficient (Wildman–Crippen LogP) is 1.87. The van der Waals surface area contributed by atoms with Crippen LogP contribution in [0.5, 0.6) is 0 Å². The lowest BCUT2D eigenvalue weighted by atomic mass is 10.2. The summed E-state index contributed by atoms with van der Waals surface area (Å²) in [6.07, 6.45) is 2.91. The fourth-order valence-corrected chi connectivity index (χ4v) is 2.09. The van der Waals surface area contributed by atoms with Crippen molar-refractivity contribution in [3.05, 3.63) is 16.6 Å². The lowest BCUT2D eigenvalue weighted by Gasteiger charge is -2.25. The van der Waals surface area contributed by atoms with Crippen molar-refractivity contribution in [1.82, 2.24) is 9.88 Å². The van der Waals surface area contributed by atoms with E-state index in [-0.39, 0.29) is 6.42 Å². The number of hydrogen-bond acceptors (Lipinski definition) is 4. The Bertz CT molecular complexity index is 312. The van der Waals surface area contributed by atoms with Crippen LogP contribution in [-0.4, -0.2) is 40.1 Å². The molecule has 0 saturated heterocycles. The molecule has 0 fully saturated rings. The minimum Gasteiger partial charge on any atom is -0.481 e. The van der Waals surface area contributed by atoms with Gasteiger partial charge in [-0.05, 0) is 13.8 Å². The van der Waals surface area contributed by atoms with E-state index < -0.39 is 5.97 Å². The van der Waals surface area contributed by atoms with Gasteiger partial charge < -0.3 is 5.11 Å². The van der Waals surface area contributed by atoms with Crippen LogP contribution in [0.25, 0.3) is 0 Å². The van der Waals surface area contributed by atoms with Crippen LogP contribution >= 0.6 is 11.3 Å². The van der Waals surface area contributed by atoms with E-state index in [1.165, 1.54) is 0 Å². The molecule has 90 valence electrons. The molecular formula is C11H18N2O2S. The zero-order valence-electron chi connectivity index (χ0n) is 9.72. The summed E-state index contributed by atoms with van der Waals surface area (Å²) in [7, 11) is 0. The second kappa shape index (κ2) is 6.60. The number of nitrogens with zero attached hydrogens (tertiary/aromatic N) is 2. The molecule has 1 aromatic heterocycles. The molecular weight excluding hydrogens is 224 g/mol. The largest absolute Gasteiger partial charge is 0.481 e. The molecule has 0 spiro atoms. The first-order valence-electron chi connectivity index (χ1n) is 5.44. The van der Waals surface area contributed by atoms with Gasteiger partial charge in [-0.25, -0.2) is 4.98 Å². The number of aliphatic carboxylic acids is 1. The van der Waals surface area contributed by atoms with Gasteiger partial charge in [-0.3, -0.25) is 9.69 Å². The molecule has 5 heteroatoms. The Balaban J connectivity index is 2.36. The van der Waals surface area contributed by atoms with Gasteiger partial charge in [-0.15, -0.1) is 11.3 Å². The Labute approximate surface area is 99.9 Å². The molecule has 0 saturated carbocycles. The zero-order chi connectivity index (χ0) is 12.0. The fourth-order valence-electron chi connectivity index (χ4n) is 1.48. The summed E-state index contributed by atoms with van der Waals surface area (Å²) in [6.45, 7) is 5.66. The molecule has 0 amide bonds. The van der Waals surface area contributed by atoms with Gasteiger partial charge in [0.1, 0.15) is 0 Å². The number of carbonyl (C=O) groups is 1. The molecule has 1 aromatic rings. The standard InChI is InChI=1S/C11H18N2O2S/c1-9(2)13(7-4-11(14)15)6-3-10-12-5-8-16-10/h5,8-9H,3-4,6-7H2,1-2H3,(H,14,15). The van der Waals surface area contributed by atoms with Gasteiger partial charge in [0.15, 0.2) is 0 Å². The van der Waals surface area contributed by atoms with E-state index in [1.807, 2.05) is 5.38 Å². The summed E-state index contributed by atoms with van der Waals surface area (Å²) in [5.41, 5.74) is 0. The van der Waals surface area contributed by atoms with Gasteiger partial charge in [0.2, 0.25) is 0 Å². The Morgan fingerprint density at radius 2 is 2.31 bits per heavy atom. The molecule has 1 heterocycles. The lowest BCUT2D eigenvalue weighted by molar-refractivity contribution is -0.137. The minimum atomic E-state index is -0.736. The van der Waals surface area contributed by atoms with Crippen molar-refractivity contribution in [3.8, 4) is 0 Å². The monoisotopic (exact) mass is 242 g/mol. The maximum atomic E-state index is 10.5. The van der Waals surface area contributed by atoms with Crippen molar-refractivity contribution >= 4 is 17.3 Å².